The van der Waals surface area contributed by atoms with Crippen molar-refractivity contribution in [2.45, 2.75) is 38.4 Å². The summed E-state index contributed by atoms with van der Waals surface area (Å²) in [7, 11) is 0. The number of hydrogen-bond acceptors (Lipinski definition) is 4. The summed E-state index contributed by atoms with van der Waals surface area (Å²) in [6.07, 6.45) is 0.735. The summed E-state index contributed by atoms with van der Waals surface area (Å²) in [5.41, 5.74) is -0.619. The van der Waals surface area contributed by atoms with Gasteiger partial charge < -0.3 is 19.7 Å². The van der Waals surface area contributed by atoms with Gasteiger partial charge in [0.25, 0.3) is 0 Å². The van der Waals surface area contributed by atoms with Gasteiger partial charge in [0, 0.05) is 13.1 Å². The zero-order valence-corrected chi connectivity index (χ0v) is 12.1. The van der Waals surface area contributed by atoms with Crippen molar-refractivity contribution >= 4 is 18.5 Å². The Hall–Kier alpha value is -0.520. The molecule has 2 heterocycles. The molecular weight excluding hydrogens is 256 g/mol. The van der Waals surface area contributed by atoms with E-state index in [0.29, 0.717) is 19.7 Å². The molecule has 0 bridgehead atoms. The zero-order valence-electron chi connectivity index (χ0n) is 11.3. The van der Waals surface area contributed by atoms with Crippen LogP contribution < -0.4 is 5.32 Å². The molecule has 0 radical (unpaired) electrons. The van der Waals surface area contributed by atoms with Gasteiger partial charge in [-0.05, 0) is 33.7 Å². The number of hydrogen-bond donors (Lipinski definition) is 1. The minimum atomic E-state index is -0.434. The average molecular weight is 279 g/mol. The number of halogens is 1. The molecule has 2 rings (SSSR count). The normalized spacial score (nSPS) is 28.1. The Morgan fingerprint density at radius 3 is 2.72 bits per heavy atom. The molecule has 106 valence electrons. The van der Waals surface area contributed by atoms with Crippen molar-refractivity contribution in [1.29, 1.82) is 0 Å². The highest BCUT2D eigenvalue weighted by atomic mass is 35.5. The van der Waals surface area contributed by atoms with Gasteiger partial charge in [0.1, 0.15) is 5.60 Å². The first kappa shape index (κ1) is 15.5. The lowest BCUT2D eigenvalue weighted by molar-refractivity contribution is -0.0967. The zero-order chi connectivity index (χ0) is 12.5. The van der Waals surface area contributed by atoms with E-state index in [1.807, 2.05) is 20.8 Å². The Morgan fingerprint density at radius 2 is 2.17 bits per heavy atom. The predicted molar refractivity (Wildman–Crippen MR) is 71.2 cm³/mol. The lowest BCUT2D eigenvalue weighted by atomic mass is 10.0. The highest BCUT2D eigenvalue weighted by molar-refractivity contribution is 5.85. The molecule has 2 fully saturated rings. The molecule has 18 heavy (non-hydrogen) atoms. The van der Waals surface area contributed by atoms with Crippen LogP contribution in [0.5, 0.6) is 0 Å². The fourth-order valence-electron chi connectivity index (χ4n) is 2.31. The molecule has 0 aromatic heterocycles. The van der Waals surface area contributed by atoms with E-state index >= 15 is 0 Å². The molecule has 5 nitrogen and oxygen atoms in total. The lowest BCUT2D eigenvalue weighted by Crippen LogP contribution is -2.55. The minimum Gasteiger partial charge on any atom is -0.444 e. The van der Waals surface area contributed by atoms with Crippen molar-refractivity contribution in [2.75, 3.05) is 32.8 Å². The summed E-state index contributed by atoms with van der Waals surface area (Å²) >= 11 is 0. The van der Waals surface area contributed by atoms with E-state index in [2.05, 4.69) is 5.32 Å². The number of nitrogens with zero attached hydrogens (tertiary/aromatic N) is 1. The van der Waals surface area contributed by atoms with Crippen LogP contribution in [0.15, 0.2) is 0 Å². The van der Waals surface area contributed by atoms with Gasteiger partial charge in [0.15, 0.2) is 0 Å². The van der Waals surface area contributed by atoms with E-state index in [0.717, 1.165) is 19.5 Å². The molecule has 2 saturated heterocycles. The summed E-state index contributed by atoms with van der Waals surface area (Å²) in [4.78, 5) is 13.7. The Bertz CT molecular complexity index is 298. The highest BCUT2D eigenvalue weighted by Crippen LogP contribution is 2.25. The van der Waals surface area contributed by atoms with Crippen molar-refractivity contribution in [3.8, 4) is 0 Å². The molecule has 2 aliphatic rings. The second kappa shape index (κ2) is 5.63. The van der Waals surface area contributed by atoms with E-state index in [9.17, 15) is 4.79 Å². The smallest absolute Gasteiger partial charge is 0.410 e. The summed E-state index contributed by atoms with van der Waals surface area (Å²) in [6.45, 7) is 9.30. The number of carbonyl (C=O) groups excluding carboxylic acids is 1. The number of carbonyl (C=O) groups is 1. The fraction of sp³-hybridized carbons (Fsp3) is 0.917. The van der Waals surface area contributed by atoms with Gasteiger partial charge in [0.2, 0.25) is 0 Å². The number of rotatable bonds is 0. The van der Waals surface area contributed by atoms with E-state index in [1.54, 1.807) is 4.90 Å². The number of ether oxygens (including phenoxy) is 2. The van der Waals surface area contributed by atoms with Crippen LogP contribution in [-0.4, -0.2) is 55.0 Å². The van der Waals surface area contributed by atoms with Gasteiger partial charge in [-0.25, -0.2) is 4.79 Å². The van der Waals surface area contributed by atoms with Crippen molar-refractivity contribution in [2.24, 2.45) is 0 Å². The summed E-state index contributed by atoms with van der Waals surface area (Å²) in [5, 5.41) is 3.29. The first-order chi connectivity index (χ1) is 7.90. The van der Waals surface area contributed by atoms with E-state index in [-0.39, 0.29) is 24.1 Å². The van der Waals surface area contributed by atoms with Gasteiger partial charge in [-0.3, -0.25) is 0 Å². The quantitative estimate of drug-likeness (QED) is 0.728. The number of amides is 1. The summed E-state index contributed by atoms with van der Waals surface area (Å²) in [5.74, 6) is 0. The first-order valence-electron chi connectivity index (χ1n) is 6.23. The van der Waals surface area contributed by atoms with Crippen molar-refractivity contribution in [1.82, 2.24) is 10.2 Å². The highest BCUT2D eigenvalue weighted by Gasteiger charge is 2.41. The molecule has 0 saturated carbocycles. The Morgan fingerprint density at radius 1 is 1.44 bits per heavy atom. The van der Waals surface area contributed by atoms with Gasteiger partial charge in [-0.2, -0.15) is 0 Å². The third-order valence-electron chi connectivity index (χ3n) is 3.10. The molecule has 1 unspecified atom stereocenters. The standard InChI is InChI=1S/C12H22N2O3.ClH/c1-11(2,3)17-10(15)14-6-7-16-12(9-14)4-5-13-8-12;/h13H,4-9H2,1-3H3;1H. The third kappa shape index (κ3) is 3.73. The third-order valence-corrected chi connectivity index (χ3v) is 3.10. The van der Waals surface area contributed by atoms with Crippen LogP contribution in [-0.2, 0) is 9.47 Å². The maximum atomic E-state index is 12.0. The molecule has 2 aliphatic heterocycles. The summed E-state index contributed by atoms with van der Waals surface area (Å²) in [6, 6.07) is 0. The van der Waals surface area contributed by atoms with Crippen LogP contribution in [0.1, 0.15) is 27.2 Å². The lowest BCUT2D eigenvalue weighted by Gasteiger charge is -2.40. The Labute approximate surface area is 115 Å². The second-order valence-electron chi connectivity index (χ2n) is 5.86. The van der Waals surface area contributed by atoms with Crippen molar-refractivity contribution < 1.29 is 14.3 Å². The van der Waals surface area contributed by atoms with E-state index < -0.39 is 5.60 Å². The SMILES string of the molecule is CC(C)(C)OC(=O)N1CCOC2(CCNC2)C1.Cl. The molecule has 1 spiro atoms. The molecule has 1 amide bonds. The van der Waals surface area contributed by atoms with Gasteiger partial charge in [-0.15, -0.1) is 12.4 Å². The van der Waals surface area contributed by atoms with Gasteiger partial charge in [-0.1, -0.05) is 0 Å². The predicted octanol–water partition coefficient (Wildman–Crippen LogP) is 1.41. The second-order valence-corrected chi connectivity index (χ2v) is 5.86. The van der Waals surface area contributed by atoms with Crippen LogP contribution in [0.25, 0.3) is 0 Å². The van der Waals surface area contributed by atoms with Crippen LogP contribution in [0.3, 0.4) is 0 Å². The number of nitrogens with one attached hydrogen (secondary N) is 1. The molecular formula is C12H23ClN2O3. The molecule has 0 aromatic rings. The number of morpholine rings is 1. The fourth-order valence-corrected chi connectivity index (χ4v) is 2.31. The maximum Gasteiger partial charge on any atom is 0.410 e. The minimum absolute atomic E-state index is 0. The maximum absolute atomic E-state index is 12.0. The van der Waals surface area contributed by atoms with Crippen LogP contribution >= 0.6 is 12.4 Å². The Balaban J connectivity index is 0.00000162. The van der Waals surface area contributed by atoms with Crippen molar-refractivity contribution in [3.63, 3.8) is 0 Å². The van der Waals surface area contributed by atoms with Gasteiger partial charge in [0.05, 0.1) is 18.8 Å². The molecule has 0 aliphatic carbocycles. The topological polar surface area (TPSA) is 50.8 Å². The van der Waals surface area contributed by atoms with E-state index in [1.165, 1.54) is 0 Å². The molecule has 0 aromatic carbocycles. The monoisotopic (exact) mass is 278 g/mol. The summed E-state index contributed by atoms with van der Waals surface area (Å²) < 4.78 is 11.2. The first-order valence-corrected chi connectivity index (χ1v) is 6.23. The largest absolute Gasteiger partial charge is 0.444 e. The molecule has 6 heteroatoms. The van der Waals surface area contributed by atoms with Crippen LogP contribution in [0.2, 0.25) is 0 Å². The Kier molecular flexibility index (Phi) is 4.86. The molecule has 1 atom stereocenters. The molecule has 1 N–H and O–H groups in total. The van der Waals surface area contributed by atoms with E-state index in [4.69, 9.17) is 9.47 Å². The van der Waals surface area contributed by atoms with Gasteiger partial charge >= 0.3 is 6.09 Å². The average Bonchev–Trinajstić information content (AvgIpc) is 2.64. The van der Waals surface area contributed by atoms with Crippen molar-refractivity contribution in [3.05, 3.63) is 0 Å². The van der Waals surface area contributed by atoms with Crippen LogP contribution in [0, 0.1) is 0 Å². The van der Waals surface area contributed by atoms with Crippen LogP contribution in [0.4, 0.5) is 4.79 Å².